The zero-order valence-electron chi connectivity index (χ0n) is 6.49. The van der Waals surface area contributed by atoms with E-state index in [1.807, 2.05) is 0 Å². The maximum absolute atomic E-state index is 9.90. The van der Waals surface area contributed by atoms with Crippen LogP contribution in [0, 0.1) is 0 Å². The first kappa shape index (κ1) is 7.53. The maximum atomic E-state index is 9.90. The Morgan fingerprint density at radius 3 is 2.91 bits per heavy atom. The first-order chi connectivity index (χ1) is 5.23. The van der Waals surface area contributed by atoms with Gasteiger partial charge in [-0.25, -0.2) is 0 Å². The second-order valence-electron chi connectivity index (χ2n) is 3.55. The van der Waals surface area contributed by atoms with E-state index in [0.717, 1.165) is 12.8 Å². The molecular formula is C8H14O3. The van der Waals surface area contributed by atoms with E-state index in [9.17, 15) is 10.2 Å². The van der Waals surface area contributed by atoms with Crippen molar-refractivity contribution in [2.24, 2.45) is 0 Å². The molecule has 2 rings (SSSR count). The van der Waals surface area contributed by atoms with E-state index in [1.54, 1.807) is 0 Å². The Morgan fingerprint density at radius 2 is 2.18 bits per heavy atom. The summed E-state index contributed by atoms with van der Waals surface area (Å²) in [6.07, 6.45) is 2.47. The summed E-state index contributed by atoms with van der Waals surface area (Å²) in [4.78, 5) is 0. The molecule has 3 unspecified atom stereocenters. The molecule has 0 radical (unpaired) electrons. The van der Waals surface area contributed by atoms with Gasteiger partial charge in [-0.3, -0.25) is 0 Å². The first-order valence-electron chi connectivity index (χ1n) is 4.25. The van der Waals surface area contributed by atoms with E-state index in [0.29, 0.717) is 19.4 Å². The lowest BCUT2D eigenvalue weighted by Crippen LogP contribution is -2.53. The van der Waals surface area contributed by atoms with Gasteiger partial charge in [-0.15, -0.1) is 0 Å². The second kappa shape index (κ2) is 2.44. The average molecular weight is 158 g/mol. The molecule has 3 heteroatoms. The minimum atomic E-state index is -0.918. The smallest absolute Gasteiger partial charge is 0.117 e. The Hall–Kier alpha value is -0.120. The minimum Gasteiger partial charge on any atom is -0.390 e. The Kier molecular flexibility index (Phi) is 1.67. The van der Waals surface area contributed by atoms with Crippen LogP contribution in [-0.2, 0) is 4.74 Å². The van der Waals surface area contributed by atoms with Crippen LogP contribution in [0.3, 0.4) is 0 Å². The van der Waals surface area contributed by atoms with Crippen molar-refractivity contribution < 1.29 is 14.9 Å². The van der Waals surface area contributed by atoms with Gasteiger partial charge in [0.15, 0.2) is 0 Å². The van der Waals surface area contributed by atoms with Crippen LogP contribution in [-0.4, -0.2) is 34.6 Å². The van der Waals surface area contributed by atoms with Crippen LogP contribution < -0.4 is 0 Å². The van der Waals surface area contributed by atoms with Gasteiger partial charge < -0.3 is 14.9 Å². The van der Waals surface area contributed by atoms with Gasteiger partial charge in [-0.1, -0.05) is 0 Å². The van der Waals surface area contributed by atoms with Gasteiger partial charge in [0.1, 0.15) is 5.60 Å². The van der Waals surface area contributed by atoms with Gasteiger partial charge >= 0.3 is 0 Å². The third kappa shape index (κ3) is 0.991. The molecule has 0 amide bonds. The fourth-order valence-corrected chi connectivity index (χ4v) is 2.16. The zero-order valence-corrected chi connectivity index (χ0v) is 6.49. The van der Waals surface area contributed by atoms with Crippen molar-refractivity contribution >= 4 is 0 Å². The molecule has 64 valence electrons. The van der Waals surface area contributed by atoms with Crippen LogP contribution in [0.25, 0.3) is 0 Å². The van der Waals surface area contributed by atoms with E-state index in [1.165, 1.54) is 0 Å². The van der Waals surface area contributed by atoms with E-state index < -0.39 is 11.7 Å². The summed E-state index contributed by atoms with van der Waals surface area (Å²) in [7, 11) is 0. The topological polar surface area (TPSA) is 49.7 Å². The summed E-state index contributed by atoms with van der Waals surface area (Å²) in [6, 6.07) is 0. The van der Waals surface area contributed by atoms with Crippen molar-refractivity contribution in [2.75, 3.05) is 6.61 Å². The lowest BCUT2D eigenvalue weighted by atomic mass is 9.89. The van der Waals surface area contributed by atoms with Crippen LogP contribution in [0.4, 0.5) is 0 Å². The second-order valence-corrected chi connectivity index (χ2v) is 3.55. The highest BCUT2D eigenvalue weighted by molar-refractivity contribution is 5.00. The van der Waals surface area contributed by atoms with Gasteiger partial charge in [-0.05, 0) is 25.7 Å². The average Bonchev–Trinajstić information content (AvgIpc) is 2.34. The standard InChI is InChI=1S/C8H14O3/c9-6-3-5-11-7-2-1-4-8(6,7)10/h6-7,9-10H,1-5H2. The molecule has 2 aliphatic rings. The number of aliphatic hydroxyl groups excluding tert-OH is 1. The van der Waals surface area contributed by atoms with Crippen LogP contribution in [0.15, 0.2) is 0 Å². The summed E-state index contributed by atoms with van der Waals surface area (Å²) in [5.74, 6) is 0. The van der Waals surface area contributed by atoms with Crippen LogP contribution >= 0.6 is 0 Å². The lowest BCUT2D eigenvalue weighted by Gasteiger charge is -2.38. The number of rotatable bonds is 0. The highest BCUT2D eigenvalue weighted by atomic mass is 16.5. The van der Waals surface area contributed by atoms with E-state index in [4.69, 9.17) is 4.74 Å². The highest BCUT2D eigenvalue weighted by Crippen LogP contribution is 2.38. The largest absolute Gasteiger partial charge is 0.390 e. The molecule has 3 nitrogen and oxygen atoms in total. The third-order valence-corrected chi connectivity index (χ3v) is 2.89. The van der Waals surface area contributed by atoms with Crippen LogP contribution in [0.2, 0.25) is 0 Å². The van der Waals surface area contributed by atoms with Crippen molar-refractivity contribution in [2.45, 2.75) is 43.5 Å². The fourth-order valence-electron chi connectivity index (χ4n) is 2.16. The van der Waals surface area contributed by atoms with Gasteiger partial charge in [-0.2, -0.15) is 0 Å². The van der Waals surface area contributed by atoms with Gasteiger partial charge in [0, 0.05) is 6.61 Å². The van der Waals surface area contributed by atoms with E-state index in [2.05, 4.69) is 0 Å². The van der Waals surface area contributed by atoms with Gasteiger partial charge in [0.05, 0.1) is 12.2 Å². The normalized spacial score (nSPS) is 50.7. The van der Waals surface area contributed by atoms with Crippen molar-refractivity contribution in [3.8, 4) is 0 Å². The molecule has 0 aromatic carbocycles. The lowest BCUT2D eigenvalue weighted by molar-refractivity contribution is -0.187. The number of ether oxygens (including phenoxy) is 1. The summed E-state index contributed by atoms with van der Waals surface area (Å²) in [6.45, 7) is 0.591. The molecule has 0 aromatic heterocycles. The molecule has 1 aliphatic heterocycles. The van der Waals surface area contributed by atoms with E-state index >= 15 is 0 Å². The molecule has 0 spiro atoms. The molecule has 1 saturated carbocycles. The summed E-state index contributed by atoms with van der Waals surface area (Å²) >= 11 is 0. The molecule has 3 atom stereocenters. The predicted molar refractivity (Wildman–Crippen MR) is 39.2 cm³/mol. The molecule has 1 aliphatic carbocycles. The zero-order chi connectivity index (χ0) is 7.90. The number of aliphatic hydroxyl groups is 2. The highest BCUT2D eigenvalue weighted by Gasteiger charge is 2.49. The monoisotopic (exact) mass is 158 g/mol. The van der Waals surface area contributed by atoms with Gasteiger partial charge in [0.2, 0.25) is 0 Å². The molecule has 2 fully saturated rings. The third-order valence-electron chi connectivity index (χ3n) is 2.89. The maximum Gasteiger partial charge on any atom is 0.117 e. The summed E-state index contributed by atoms with van der Waals surface area (Å²) in [5.41, 5.74) is -0.918. The summed E-state index contributed by atoms with van der Waals surface area (Å²) < 4.78 is 5.37. The fraction of sp³-hybridized carbons (Fsp3) is 1.00. The van der Waals surface area contributed by atoms with E-state index in [-0.39, 0.29) is 6.10 Å². The Bertz CT molecular complexity index is 159. The molecule has 0 bridgehead atoms. The number of hydrogen-bond acceptors (Lipinski definition) is 3. The SMILES string of the molecule is OC1CCOC2CCCC12O. The summed E-state index contributed by atoms with van der Waals surface area (Å²) in [5, 5.41) is 19.4. The van der Waals surface area contributed by atoms with Crippen LogP contribution in [0.5, 0.6) is 0 Å². The molecule has 1 heterocycles. The quantitative estimate of drug-likeness (QED) is 0.523. The predicted octanol–water partition coefficient (Wildman–Crippen LogP) is 0.0512. The van der Waals surface area contributed by atoms with Crippen molar-refractivity contribution in [3.63, 3.8) is 0 Å². The Balaban J connectivity index is 2.17. The van der Waals surface area contributed by atoms with Crippen molar-refractivity contribution in [1.82, 2.24) is 0 Å². The number of fused-ring (bicyclic) bond motifs is 1. The molecular weight excluding hydrogens is 144 g/mol. The Morgan fingerprint density at radius 1 is 1.36 bits per heavy atom. The number of hydrogen-bond donors (Lipinski definition) is 2. The van der Waals surface area contributed by atoms with Crippen molar-refractivity contribution in [1.29, 1.82) is 0 Å². The van der Waals surface area contributed by atoms with Crippen LogP contribution in [0.1, 0.15) is 25.7 Å². The first-order valence-corrected chi connectivity index (χ1v) is 4.25. The minimum absolute atomic E-state index is 0.105. The molecule has 0 aromatic rings. The van der Waals surface area contributed by atoms with Crippen molar-refractivity contribution in [3.05, 3.63) is 0 Å². The molecule has 1 saturated heterocycles. The Labute approximate surface area is 66.0 Å². The van der Waals surface area contributed by atoms with Gasteiger partial charge in [0.25, 0.3) is 0 Å². The molecule has 2 N–H and O–H groups in total. The molecule has 11 heavy (non-hydrogen) atoms.